The quantitative estimate of drug-likeness (QED) is 0.749. The number of fused-ring (bicyclic) bond motifs is 1. The van der Waals surface area contributed by atoms with Crippen molar-refractivity contribution in [2.45, 2.75) is 31.4 Å². The van der Waals surface area contributed by atoms with E-state index in [2.05, 4.69) is 51.5 Å². The van der Waals surface area contributed by atoms with Gasteiger partial charge in [0, 0.05) is 43.1 Å². The first-order valence-electron chi connectivity index (χ1n) is 9.88. The molecular formula is C22H25N3O2. The fraction of sp³-hybridized carbons (Fsp3) is 0.409. The van der Waals surface area contributed by atoms with Crippen LogP contribution in [-0.4, -0.2) is 42.0 Å². The van der Waals surface area contributed by atoms with Crippen LogP contribution in [0.5, 0.6) is 5.75 Å². The predicted octanol–water partition coefficient (Wildman–Crippen LogP) is 3.80. The number of rotatable bonds is 5. The third kappa shape index (κ3) is 3.45. The third-order valence-corrected chi connectivity index (χ3v) is 5.66. The van der Waals surface area contributed by atoms with Gasteiger partial charge in [-0.1, -0.05) is 0 Å². The lowest BCUT2D eigenvalue weighted by Gasteiger charge is -2.27. The van der Waals surface area contributed by atoms with Gasteiger partial charge in [-0.2, -0.15) is 0 Å². The largest absolute Gasteiger partial charge is 0.490 e. The number of benzene rings is 1. The summed E-state index contributed by atoms with van der Waals surface area (Å²) >= 11 is 0. The second-order valence-electron chi connectivity index (χ2n) is 7.48. The first-order valence-corrected chi connectivity index (χ1v) is 9.88. The molecule has 3 heterocycles. The summed E-state index contributed by atoms with van der Waals surface area (Å²) in [6.07, 6.45) is 10.3. The molecule has 5 heteroatoms. The number of aromatic nitrogens is 2. The van der Waals surface area contributed by atoms with E-state index in [1.165, 1.54) is 24.8 Å². The summed E-state index contributed by atoms with van der Waals surface area (Å²) < 4.78 is 14.3. The zero-order chi connectivity index (χ0) is 18.1. The van der Waals surface area contributed by atoms with E-state index in [-0.39, 0.29) is 6.10 Å². The smallest absolute Gasteiger partial charge is 0.129 e. The molecular weight excluding hydrogens is 338 g/mol. The Hall–Kier alpha value is -2.37. The zero-order valence-electron chi connectivity index (χ0n) is 15.4. The Labute approximate surface area is 159 Å². The molecule has 140 valence electrons. The monoisotopic (exact) mass is 363 g/mol. The predicted molar refractivity (Wildman–Crippen MR) is 106 cm³/mol. The summed E-state index contributed by atoms with van der Waals surface area (Å²) in [6, 6.07) is 11.2. The third-order valence-electron chi connectivity index (χ3n) is 5.66. The van der Waals surface area contributed by atoms with Gasteiger partial charge in [0.15, 0.2) is 0 Å². The van der Waals surface area contributed by atoms with Crippen LogP contribution in [0.25, 0.3) is 22.0 Å². The van der Waals surface area contributed by atoms with Gasteiger partial charge in [0.25, 0.3) is 0 Å². The van der Waals surface area contributed by atoms with Gasteiger partial charge >= 0.3 is 0 Å². The van der Waals surface area contributed by atoms with Gasteiger partial charge in [0.1, 0.15) is 18.5 Å². The number of pyridine rings is 1. The van der Waals surface area contributed by atoms with Gasteiger partial charge < -0.3 is 19.4 Å². The highest BCUT2D eigenvalue weighted by Gasteiger charge is 2.19. The molecule has 1 saturated heterocycles. The summed E-state index contributed by atoms with van der Waals surface area (Å²) in [5, 5.41) is 4.39. The van der Waals surface area contributed by atoms with Crippen LogP contribution in [0.2, 0.25) is 0 Å². The summed E-state index contributed by atoms with van der Waals surface area (Å²) in [7, 11) is 0. The first kappa shape index (κ1) is 16.8. The van der Waals surface area contributed by atoms with Gasteiger partial charge in [-0.25, -0.2) is 0 Å². The van der Waals surface area contributed by atoms with Gasteiger partial charge in [-0.3, -0.25) is 4.98 Å². The number of hydrogen-bond acceptors (Lipinski definition) is 4. The summed E-state index contributed by atoms with van der Waals surface area (Å²) in [5.41, 5.74) is 3.33. The fourth-order valence-electron chi connectivity index (χ4n) is 3.84. The fourth-order valence-corrected chi connectivity index (χ4v) is 3.84. The topological polar surface area (TPSA) is 48.3 Å². The van der Waals surface area contributed by atoms with Gasteiger partial charge in [-0.05, 0) is 60.7 Å². The van der Waals surface area contributed by atoms with Crippen molar-refractivity contribution in [3.05, 3.63) is 48.9 Å². The minimum Gasteiger partial charge on any atom is -0.490 e. The van der Waals surface area contributed by atoms with E-state index in [4.69, 9.17) is 9.47 Å². The second-order valence-corrected chi connectivity index (χ2v) is 7.48. The molecule has 1 aliphatic carbocycles. The number of nitrogens with one attached hydrogen (secondary N) is 1. The SMILES string of the molecule is c1cnc2cc(-c3ccn(C4CCC4)c3)cc(OC[C@@H]3CNCCO3)c2c1. The minimum atomic E-state index is 0.0915. The van der Waals surface area contributed by atoms with Crippen LogP contribution < -0.4 is 10.1 Å². The van der Waals surface area contributed by atoms with Gasteiger partial charge in [0.05, 0.1) is 12.1 Å². The van der Waals surface area contributed by atoms with Crippen molar-refractivity contribution in [3.8, 4) is 16.9 Å². The van der Waals surface area contributed by atoms with Gasteiger partial charge in [-0.15, -0.1) is 0 Å². The van der Waals surface area contributed by atoms with Crippen molar-refractivity contribution >= 4 is 10.9 Å². The number of nitrogens with zero attached hydrogens (tertiary/aromatic N) is 2. The van der Waals surface area contributed by atoms with E-state index in [1.54, 1.807) is 0 Å². The number of morpholine rings is 1. The molecule has 0 spiro atoms. The van der Waals surface area contributed by atoms with E-state index in [1.807, 2.05) is 12.3 Å². The van der Waals surface area contributed by atoms with E-state index >= 15 is 0 Å². The van der Waals surface area contributed by atoms with Crippen LogP contribution in [0.4, 0.5) is 0 Å². The first-order chi connectivity index (χ1) is 13.4. The van der Waals surface area contributed by atoms with Crippen molar-refractivity contribution in [1.29, 1.82) is 0 Å². The van der Waals surface area contributed by atoms with Crippen LogP contribution in [-0.2, 0) is 4.74 Å². The number of hydrogen-bond donors (Lipinski definition) is 1. The van der Waals surface area contributed by atoms with E-state index in [0.29, 0.717) is 12.6 Å². The van der Waals surface area contributed by atoms with Crippen molar-refractivity contribution in [2.75, 3.05) is 26.3 Å². The molecule has 2 aromatic heterocycles. The zero-order valence-corrected chi connectivity index (χ0v) is 15.4. The number of ether oxygens (including phenoxy) is 2. The van der Waals surface area contributed by atoms with Crippen LogP contribution in [0, 0.1) is 0 Å². The highest BCUT2D eigenvalue weighted by atomic mass is 16.5. The molecule has 1 atom stereocenters. The van der Waals surface area contributed by atoms with E-state index in [0.717, 1.165) is 41.9 Å². The molecule has 0 amide bonds. The molecule has 0 unspecified atom stereocenters. The normalized spacial score (nSPS) is 20.5. The lowest BCUT2D eigenvalue weighted by atomic mass is 9.93. The summed E-state index contributed by atoms with van der Waals surface area (Å²) in [6.45, 7) is 3.03. The second kappa shape index (κ2) is 7.33. The van der Waals surface area contributed by atoms with Crippen LogP contribution >= 0.6 is 0 Å². The standard InChI is InChI=1S/C22H25N3O2/c1-3-18(4-1)25-9-6-16(14-25)17-11-21-20(5-2-7-24-21)22(12-17)27-15-19-13-23-8-10-26-19/h2,5-7,9,11-12,14,18-19,23H,1,3-4,8,10,13,15H2/t19-/m0/s1. The Morgan fingerprint density at radius 3 is 3.00 bits per heavy atom. The van der Waals surface area contributed by atoms with Crippen LogP contribution in [0.1, 0.15) is 25.3 Å². The van der Waals surface area contributed by atoms with Gasteiger partial charge in [0.2, 0.25) is 0 Å². The highest BCUT2D eigenvalue weighted by Crippen LogP contribution is 2.35. The molecule has 2 fully saturated rings. The molecule has 0 bridgehead atoms. The lowest BCUT2D eigenvalue weighted by molar-refractivity contribution is 0.000518. The highest BCUT2D eigenvalue weighted by molar-refractivity contribution is 5.90. The Morgan fingerprint density at radius 2 is 2.19 bits per heavy atom. The molecule has 5 rings (SSSR count). The molecule has 1 saturated carbocycles. The summed E-state index contributed by atoms with van der Waals surface area (Å²) in [5.74, 6) is 0.876. The molecule has 2 aliphatic rings. The Balaban J connectivity index is 1.44. The van der Waals surface area contributed by atoms with Crippen molar-refractivity contribution in [3.63, 3.8) is 0 Å². The summed E-state index contributed by atoms with van der Waals surface area (Å²) in [4.78, 5) is 4.56. The molecule has 5 nitrogen and oxygen atoms in total. The van der Waals surface area contributed by atoms with Crippen molar-refractivity contribution < 1.29 is 9.47 Å². The maximum Gasteiger partial charge on any atom is 0.129 e. The van der Waals surface area contributed by atoms with E-state index in [9.17, 15) is 0 Å². The van der Waals surface area contributed by atoms with Crippen LogP contribution in [0.15, 0.2) is 48.9 Å². The van der Waals surface area contributed by atoms with Crippen molar-refractivity contribution in [2.24, 2.45) is 0 Å². The Kier molecular flexibility index (Phi) is 4.56. The molecule has 1 aromatic carbocycles. The molecule has 1 N–H and O–H groups in total. The van der Waals surface area contributed by atoms with Crippen LogP contribution in [0.3, 0.4) is 0 Å². The maximum atomic E-state index is 6.20. The molecule has 1 aliphatic heterocycles. The van der Waals surface area contributed by atoms with Crippen molar-refractivity contribution in [1.82, 2.24) is 14.9 Å². The average molecular weight is 363 g/mol. The molecule has 0 radical (unpaired) electrons. The maximum absolute atomic E-state index is 6.20. The molecule has 3 aromatic rings. The van der Waals surface area contributed by atoms with E-state index < -0.39 is 0 Å². The molecule has 27 heavy (non-hydrogen) atoms. The Morgan fingerprint density at radius 1 is 1.22 bits per heavy atom. The lowest BCUT2D eigenvalue weighted by Crippen LogP contribution is -2.41. The Bertz CT molecular complexity index is 926. The average Bonchev–Trinajstić information content (AvgIpc) is 3.15. The minimum absolute atomic E-state index is 0.0915.